The number of halogens is 2. The number of aromatic hydroxyl groups is 1. The summed E-state index contributed by atoms with van der Waals surface area (Å²) in [5.74, 6) is -0.622. The van der Waals surface area contributed by atoms with Crippen LogP contribution in [0.4, 0.5) is 8.78 Å². The van der Waals surface area contributed by atoms with E-state index in [1.54, 1.807) is 103 Å². The van der Waals surface area contributed by atoms with Crippen molar-refractivity contribution >= 4 is 56.8 Å². The third-order valence-electron chi connectivity index (χ3n) is 13.6. The minimum Gasteiger partial charge on any atom is -0.507 e. The van der Waals surface area contributed by atoms with E-state index in [9.17, 15) is 42.7 Å². The molecular formula is C60H52F2N4O10. The number of ether oxygens (including phenoxy) is 3. The lowest BCUT2D eigenvalue weighted by atomic mass is 9.88. The van der Waals surface area contributed by atoms with Gasteiger partial charge in [-0.25, -0.2) is 8.78 Å². The molecule has 76 heavy (non-hydrogen) atoms. The highest BCUT2D eigenvalue weighted by atomic mass is 19.1. The molecule has 0 atom stereocenters. The number of hydrogen-bond acceptors (Lipinski definition) is 12. The van der Waals surface area contributed by atoms with E-state index in [-0.39, 0.29) is 84.8 Å². The molecule has 0 radical (unpaired) electrons. The van der Waals surface area contributed by atoms with Gasteiger partial charge in [0.25, 0.3) is 11.8 Å². The monoisotopic (exact) mass is 1030 g/mol. The first kappa shape index (κ1) is 53.1. The number of carbonyl (C=O) groups excluding carboxylic acids is 6. The van der Waals surface area contributed by atoms with Crippen LogP contribution < -0.4 is 25.7 Å². The number of Topliss-reactive ketones (excluding diaryl/α,β-unsaturated/α-hetero) is 4. The van der Waals surface area contributed by atoms with Gasteiger partial charge in [0, 0.05) is 61.0 Å². The molecule has 2 amide bonds. The second-order valence-corrected chi connectivity index (χ2v) is 18.6. The topological polar surface area (TPSA) is 228 Å². The van der Waals surface area contributed by atoms with Crippen LogP contribution in [0.3, 0.4) is 0 Å². The van der Waals surface area contributed by atoms with Gasteiger partial charge in [0.1, 0.15) is 46.1 Å². The molecule has 0 unspecified atom stereocenters. The number of pyridine rings is 2. The predicted molar refractivity (Wildman–Crippen MR) is 279 cm³/mol. The van der Waals surface area contributed by atoms with Crippen LogP contribution in [0.15, 0.2) is 146 Å². The number of primary amides is 2. The van der Waals surface area contributed by atoms with Crippen molar-refractivity contribution in [2.75, 3.05) is 7.11 Å². The van der Waals surface area contributed by atoms with Gasteiger partial charge in [-0.1, -0.05) is 56.0 Å². The molecule has 2 aliphatic rings. The van der Waals surface area contributed by atoms with E-state index in [4.69, 9.17) is 25.7 Å². The number of amides is 2. The first-order valence-electron chi connectivity index (χ1n) is 23.9. The lowest BCUT2D eigenvalue weighted by Gasteiger charge is -2.14. The molecule has 0 aliphatic heterocycles. The lowest BCUT2D eigenvalue weighted by Crippen LogP contribution is -2.28. The van der Waals surface area contributed by atoms with E-state index in [1.807, 2.05) is 0 Å². The van der Waals surface area contributed by atoms with E-state index in [2.05, 4.69) is 9.97 Å². The van der Waals surface area contributed by atoms with Crippen LogP contribution in [0.2, 0.25) is 0 Å². The largest absolute Gasteiger partial charge is 0.507 e. The zero-order valence-corrected chi connectivity index (χ0v) is 40.4. The minimum atomic E-state index is -0.955. The summed E-state index contributed by atoms with van der Waals surface area (Å²) in [6.07, 6.45) is 5.73. The van der Waals surface area contributed by atoms with Crippen molar-refractivity contribution in [3.8, 4) is 34.5 Å². The number of methoxy groups -OCH3 is 1. The number of hydrogen-bond donors (Lipinski definition) is 3. The van der Waals surface area contributed by atoms with Gasteiger partial charge in [-0.15, -0.1) is 0 Å². The van der Waals surface area contributed by atoms with Gasteiger partial charge in [0.15, 0.2) is 23.1 Å². The molecule has 2 fully saturated rings. The molecule has 0 spiro atoms. The molecule has 8 aromatic rings. The fourth-order valence-electron chi connectivity index (χ4n) is 8.95. The average Bonchev–Trinajstić information content (AvgIpc) is 4.35. The molecule has 5 N–H and O–H groups in total. The lowest BCUT2D eigenvalue weighted by molar-refractivity contribution is -0.135. The molecule has 16 heteroatoms. The number of rotatable bonds is 19. The van der Waals surface area contributed by atoms with Crippen LogP contribution in [0.1, 0.15) is 76.1 Å². The third kappa shape index (κ3) is 11.6. The minimum absolute atomic E-state index is 0. The summed E-state index contributed by atoms with van der Waals surface area (Å²) < 4.78 is 43.6. The standard InChI is InChI=1S/C30H25FN2O5.C29H23FN2O5.CH4/c1-37-26-17-24-22(16-23(26)29(32)36)25(10-13-33-24)38-21-8-4-19(5-9-21)15-28(35)30(11-12-30)27(34)14-18-2-6-20(31)7-3-18;30-19-5-1-17(2-6-19)13-26(34)29(10-11-29)27(35)14-18-3-7-20(8-4-18)37-25-9-12-32-23-16-24(33)22(28(31)36)15-21(23)25;/h2-10,13,16-17H,11-12,14-15H2,1H3,(H2,32,36);1-9,12,15-16,33H,10-11,13-14H2,(H2,31,36);1H4. The number of ketones is 4. The number of fused-ring (bicyclic) bond motifs is 2. The highest BCUT2D eigenvalue weighted by Crippen LogP contribution is 2.50. The predicted octanol–water partition coefficient (Wildman–Crippen LogP) is 10.3. The van der Waals surface area contributed by atoms with Gasteiger partial charge in [-0.05, 0) is 121 Å². The summed E-state index contributed by atoms with van der Waals surface area (Å²) in [5, 5.41) is 11.1. The van der Waals surface area contributed by atoms with Gasteiger partial charge in [0.05, 0.1) is 40.1 Å². The second kappa shape index (κ2) is 22.1. The van der Waals surface area contributed by atoms with Gasteiger partial charge < -0.3 is 30.8 Å². The molecule has 2 aromatic heterocycles. The van der Waals surface area contributed by atoms with Gasteiger partial charge in [-0.3, -0.25) is 38.7 Å². The first-order valence-corrected chi connectivity index (χ1v) is 23.9. The Morgan fingerprint density at radius 1 is 0.500 bits per heavy atom. The molecule has 0 bridgehead atoms. The van der Waals surface area contributed by atoms with Crippen LogP contribution in [0.5, 0.6) is 34.5 Å². The molecule has 2 heterocycles. The number of carbonyl (C=O) groups is 6. The molecule has 2 saturated carbocycles. The van der Waals surface area contributed by atoms with Crippen molar-refractivity contribution in [2.24, 2.45) is 22.3 Å². The van der Waals surface area contributed by atoms with E-state index in [0.717, 1.165) is 11.1 Å². The third-order valence-corrected chi connectivity index (χ3v) is 13.6. The molecule has 14 nitrogen and oxygen atoms in total. The van der Waals surface area contributed by atoms with Crippen molar-refractivity contribution < 1.29 is 56.9 Å². The number of nitrogens with zero attached hydrogens (tertiary/aromatic N) is 2. The molecule has 2 aliphatic carbocycles. The van der Waals surface area contributed by atoms with Crippen LogP contribution in [0.25, 0.3) is 21.8 Å². The van der Waals surface area contributed by atoms with Crippen molar-refractivity contribution in [3.05, 3.63) is 191 Å². The van der Waals surface area contributed by atoms with E-state index < -0.39 is 22.6 Å². The average molecular weight is 1030 g/mol. The number of phenols is 1. The molecule has 0 saturated heterocycles. The zero-order chi connectivity index (χ0) is 53.0. The Morgan fingerprint density at radius 2 is 0.842 bits per heavy atom. The summed E-state index contributed by atoms with van der Waals surface area (Å²) >= 11 is 0. The smallest absolute Gasteiger partial charge is 0.252 e. The fourth-order valence-corrected chi connectivity index (χ4v) is 8.95. The summed E-state index contributed by atoms with van der Waals surface area (Å²) in [6.45, 7) is 0. The zero-order valence-electron chi connectivity index (χ0n) is 40.4. The van der Waals surface area contributed by atoms with Crippen LogP contribution in [-0.2, 0) is 44.9 Å². The van der Waals surface area contributed by atoms with Crippen molar-refractivity contribution in [1.29, 1.82) is 0 Å². The quantitative estimate of drug-likeness (QED) is 0.0643. The Balaban J connectivity index is 0.000000199. The highest BCUT2D eigenvalue weighted by Gasteiger charge is 2.55. The van der Waals surface area contributed by atoms with Crippen molar-refractivity contribution in [1.82, 2.24) is 9.97 Å². The Labute approximate surface area is 435 Å². The van der Waals surface area contributed by atoms with E-state index >= 15 is 0 Å². The molecule has 6 aromatic carbocycles. The number of nitrogens with two attached hydrogens (primary N) is 2. The number of aromatic nitrogens is 2. The van der Waals surface area contributed by atoms with Crippen LogP contribution in [-0.4, -0.2) is 57.1 Å². The molecule has 386 valence electrons. The first-order chi connectivity index (χ1) is 36.0. The summed E-state index contributed by atoms with van der Waals surface area (Å²) in [4.78, 5) is 83.9. The Bertz CT molecular complexity index is 3540. The SMILES string of the molecule is C.COc1cc2nccc(Oc3ccc(CC(=O)C4(C(=O)Cc5ccc(F)cc5)CC4)cc3)c2cc1C(N)=O.NC(=O)c1cc2c(Oc3ccc(CC(=O)C4(C(=O)Cc5ccc(F)cc5)CC4)cc3)ccnc2cc1O. The molecule has 10 rings (SSSR count). The highest BCUT2D eigenvalue weighted by molar-refractivity contribution is 6.12. The molecular weight excluding hydrogens is 975 g/mol. The Morgan fingerprint density at radius 3 is 1.18 bits per heavy atom. The van der Waals surface area contributed by atoms with E-state index in [0.29, 0.717) is 87.4 Å². The van der Waals surface area contributed by atoms with Crippen molar-refractivity contribution in [3.63, 3.8) is 0 Å². The Hall–Kier alpha value is -9.18. The van der Waals surface area contributed by atoms with Gasteiger partial charge in [0.2, 0.25) is 0 Å². The number of benzene rings is 6. The summed E-state index contributed by atoms with van der Waals surface area (Å²) in [5.41, 5.74) is 13.0. The second-order valence-electron chi connectivity index (χ2n) is 18.6. The maximum absolute atomic E-state index is 13.2. The summed E-state index contributed by atoms with van der Waals surface area (Å²) in [7, 11) is 1.45. The van der Waals surface area contributed by atoms with Crippen LogP contribution >= 0.6 is 0 Å². The summed E-state index contributed by atoms with van der Waals surface area (Å²) in [6, 6.07) is 34.8. The van der Waals surface area contributed by atoms with Gasteiger partial charge in [-0.2, -0.15) is 0 Å². The normalized spacial score (nSPS) is 13.5. The fraction of sp³-hybridized carbons (Fsp3) is 0.200. The maximum Gasteiger partial charge on any atom is 0.252 e. The van der Waals surface area contributed by atoms with Crippen LogP contribution in [0, 0.1) is 22.5 Å². The van der Waals surface area contributed by atoms with Gasteiger partial charge >= 0.3 is 0 Å². The maximum atomic E-state index is 13.2. The Kier molecular flexibility index (Phi) is 15.5. The van der Waals surface area contributed by atoms with Crippen molar-refractivity contribution in [2.45, 2.75) is 58.8 Å². The van der Waals surface area contributed by atoms with E-state index in [1.165, 1.54) is 49.7 Å².